The van der Waals surface area contributed by atoms with Crippen LogP contribution in [0.3, 0.4) is 0 Å². The van der Waals surface area contributed by atoms with Crippen LogP contribution in [-0.2, 0) is 9.53 Å². The van der Waals surface area contributed by atoms with Gasteiger partial charge in [0.1, 0.15) is 17.3 Å². The molecular formula is C22H29F2O5-. The molecule has 1 aliphatic rings. The molecule has 0 bridgehead atoms. The maximum Gasteiger partial charge on any atom is 0.338 e. The number of hydrogen-bond acceptors (Lipinski definition) is 5. The summed E-state index contributed by atoms with van der Waals surface area (Å²) in [5, 5.41) is 11.0. The zero-order valence-corrected chi connectivity index (χ0v) is 17.4. The van der Waals surface area contributed by atoms with Gasteiger partial charge in [0.25, 0.3) is 0 Å². The number of carbonyl (C=O) groups excluding carboxylic acids is 2. The summed E-state index contributed by atoms with van der Waals surface area (Å²) >= 11 is 0. The van der Waals surface area contributed by atoms with Gasteiger partial charge in [0, 0.05) is 5.92 Å². The number of rotatable bonds is 8. The van der Waals surface area contributed by atoms with Gasteiger partial charge in [0.05, 0.1) is 5.56 Å². The first-order valence-electron chi connectivity index (χ1n) is 10.0. The Morgan fingerprint density at radius 1 is 1.07 bits per heavy atom. The summed E-state index contributed by atoms with van der Waals surface area (Å²) in [6.45, 7) is 7.93. The van der Waals surface area contributed by atoms with Gasteiger partial charge in [-0.3, -0.25) is 0 Å². The average Bonchev–Trinajstić information content (AvgIpc) is 2.66. The van der Waals surface area contributed by atoms with Gasteiger partial charge in [-0.1, -0.05) is 33.1 Å². The van der Waals surface area contributed by atoms with Crippen molar-refractivity contribution in [1.82, 2.24) is 0 Å². The zero-order valence-electron chi connectivity index (χ0n) is 17.4. The van der Waals surface area contributed by atoms with E-state index >= 15 is 0 Å². The summed E-state index contributed by atoms with van der Waals surface area (Å²) in [5.41, 5.74) is -0.375. The summed E-state index contributed by atoms with van der Waals surface area (Å²) in [4.78, 5) is 23.4. The number of halogens is 2. The molecule has 0 spiro atoms. The minimum atomic E-state index is -4.25. The number of aliphatic carboxylic acids is 1. The molecule has 0 aliphatic heterocycles. The minimum Gasteiger partial charge on any atom is -0.544 e. The van der Waals surface area contributed by atoms with Crippen LogP contribution in [0.1, 0.15) is 70.2 Å². The molecule has 1 unspecified atom stereocenters. The van der Waals surface area contributed by atoms with E-state index in [0.717, 1.165) is 6.42 Å². The van der Waals surface area contributed by atoms with Crippen LogP contribution in [0.15, 0.2) is 24.3 Å². The van der Waals surface area contributed by atoms with Crippen molar-refractivity contribution in [3.63, 3.8) is 0 Å². The fraction of sp³-hybridized carbons (Fsp3) is 0.636. The number of ether oxygens (including phenoxy) is 2. The van der Waals surface area contributed by atoms with Crippen molar-refractivity contribution in [1.29, 1.82) is 0 Å². The number of carboxylic acid groups (broad SMARTS) is 1. The highest BCUT2D eigenvalue weighted by molar-refractivity contribution is 5.90. The summed E-state index contributed by atoms with van der Waals surface area (Å²) < 4.78 is 39.4. The van der Waals surface area contributed by atoms with Crippen LogP contribution in [-0.4, -0.2) is 29.6 Å². The molecule has 162 valence electrons. The number of benzene rings is 1. The molecule has 0 saturated heterocycles. The van der Waals surface area contributed by atoms with Gasteiger partial charge in [-0.25, -0.2) is 4.79 Å². The average molecular weight is 411 g/mol. The maximum atomic E-state index is 14.2. The molecule has 29 heavy (non-hydrogen) atoms. The lowest BCUT2D eigenvalue weighted by Crippen LogP contribution is -2.54. The maximum absolute atomic E-state index is 14.2. The Morgan fingerprint density at radius 3 is 2.10 bits per heavy atom. The molecule has 1 aromatic rings. The molecule has 2 rings (SSSR count). The van der Waals surface area contributed by atoms with Crippen LogP contribution in [0.2, 0.25) is 0 Å². The third-order valence-corrected chi connectivity index (χ3v) is 5.80. The molecule has 1 saturated carbocycles. The van der Waals surface area contributed by atoms with Crippen LogP contribution in [0.4, 0.5) is 8.78 Å². The fourth-order valence-electron chi connectivity index (χ4n) is 3.28. The quantitative estimate of drug-likeness (QED) is 0.605. The molecule has 0 amide bonds. The van der Waals surface area contributed by atoms with E-state index in [0.29, 0.717) is 31.4 Å². The predicted molar refractivity (Wildman–Crippen MR) is 102 cm³/mol. The van der Waals surface area contributed by atoms with Crippen molar-refractivity contribution in [3.8, 4) is 5.75 Å². The molecule has 7 heteroatoms. The van der Waals surface area contributed by atoms with E-state index < -0.39 is 35.5 Å². The van der Waals surface area contributed by atoms with Gasteiger partial charge in [-0.2, -0.15) is 8.78 Å². The third kappa shape index (κ3) is 5.67. The monoisotopic (exact) mass is 411 g/mol. The van der Waals surface area contributed by atoms with Gasteiger partial charge < -0.3 is 19.4 Å². The van der Waals surface area contributed by atoms with Crippen molar-refractivity contribution < 1.29 is 33.0 Å². The van der Waals surface area contributed by atoms with Crippen LogP contribution in [0.5, 0.6) is 5.75 Å². The van der Waals surface area contributed by atoms with Crippen LogP contribution in [0.25, 0.3) is 0 Å². The first-order valence-corrected chi connectivity index (χ1v) is 10.0. The Hall–Kier alpha value is -2.18. The van der Waals surface area contributed by atoms with Gasteiger partial charge in [-0.15, -0.1) is 0 Å². The standard InChI is InChI=1S/C22H30F2O5/c1-14(2)21(3,4)29-17-12-10-16(11-13-17)19(25)28-18(22(23,24)20(26)27)15-8-6-5-7-9-15/h10-15,18H,5-9H2,1-4H3,(H,26,27)/p-1. The molecule has 5 nitrogen and oxygen atoms in total. The number of alkyl halides is 2. The first kappa shape index (κ1) is 23.1. The van der Waals surface area contributed by atoms with E-state index in [1.165, 1.54) is 12.1 Å². The van der Waals surface area contributed by atoms with Crippen LogP contribution < -0.4 is 9.84 Å². The largest absolute Gasteiger partial charge is 0.544 e. The SMILES string of the molecule is CC(C)C(C)(C)Oc1ccc(C(=O)OC(C2CCCCC2)C(F)(F)C(=O)[O-])cc1. The second kappa shape index (κ2) is 9.09. The normalized spacial score (nSPS) is 17.1. The summed E-state index contributed by atoms with van der Waals surface area (Å²) in [6.07, 6.45) is 1.01. The Balaban J connectivity index is 2.15. The highest BCUT2D eigenvalue weighted by Gasteiger charge is 2.48. The van der Waals surface area contributed by atoms with Gasteiger partial charge in [0.15, 0.2) is 6.10 Å². The van der Waals surface area contributed by atoms with Crippen molar-refractivity contribution in [2.24, 2.45) is 11.8 Å². The number of hydrogen-bond donors (Lipinski definition) is 0. The third-order valence-electron chi connectivity index (χ3n) is 5.80. The van der Waals surface area contributed by atoms with Crippen molar-refractivity contribution in [3.05, 3.63) is 29.8 Å². The lowest BCUT2D eigenvalue weighted by molar-refractivity contribution is -0.337. The van der Waals surface area contributed by atoms with Crippen molar-refractivity contribution in [2.75, 3.05) is 0 Å². The van der Waals surface area contributed by atoms with Crippen molar-refractivity contribution in [2.45, 2.75) is 77.4 Å². The van der Waals surface area contributed by atoms with Crippen LogP contribution >= 0.6 is 0 Å². The Kier molecular flexibility index (Phi) is 7.25. The smallest absolute Gasteiger partial charge is 0.338 e. The molecule has 0 radical (unpaired) electrons. The molecular weight excluding hydrogens is 382 g/mol. The second-order valence-corrected chi connectivity index (χ2v) is 8.52. The van der Waals surface area contributed by atoms with E-state index in [-0.39, 0.29) is 11.5 Å². The highest BCUT2D eigenvalue weighted by Crippen LogP contribution is 2.36. The Morgan fingerprint density at radius 2 is 1.62 bits per heavy atom. The van der Waals surface area contributed by atoms with E-state index in [4.69, 9.17) is 9.47 Å². The fourth-order valence-corrected chi connectivity index (χ4v) is 3.28. The first-order chi connectivity index (χ1) is 13.4. The van der Waals surface area contributed by atoms with Gasteiger partial charge >= 0.3 is 11.9 Å². The zero-order chi connectivity index (χ0) is 21.8. The van der Waals surface area contributed by atoms with Crippen molar-refractivity contribution >= 4 is 11.9 Å². The number of carboxylic acids is 1. The number of carbonyl (C=O) groups is 2. The van der Waals surface area contributed by atoms with Gasteiger partial charge in [0.2, 0.25) is 0 Å². The topological polar surface area (TPSA) is 75.7 Å². The lowest BCUT2D eigenvalue weighted by atomic mass is 9.83. The minimum absolute atomic E-state index is 0.0506. The Bertz CT molecular complexity index is 706. The van der Waals surface area contributed by atoms with E-state index in [1.54, 1.807) is 12.1 Å². The summed E-state index contributed by atoms with van der Waals surface area (Å²) in [5.74, 6) is -7.70. The lowest BCUT2D eigenvalue weighted by Gasteiger charge is -2.35. The summed E-state index contributed by atoms with van der Waals surface area (Å²) in [6, 6.07) is 5.97. The predicted octanol–water partition coefficient (Wildman–Crippen LogP) is 3.99. The summed E-state index contributed by atoms with van der Waals surface area (Å²) in [7, 11) is 0. The molecule has 0 aromatic heterocycles. The van der Waals surface area contributed by atoms with E-state index in [9.17, 15) is 23.5 Å². The second-order valence-electron chi connectivity index (χ2n) is 8.52. The number of esters is 1. The van der Waals surface area contributed by atoms with Crippen LogP contribution in [0, 0.1) is 11.8 Å². The molecule has 1 fully saturated rings. The van der Waals surface area contributed by atoms with E-state index in [2.05, 4.69) is 0 Å². The molecule has 1 aromatic carbocycles. The molecule has 1 atom stereocenters. The van der Waals surface area contributed by atoms with Gasteiger partial charge in [-0.05, 0) is 56.9 Å². The van der Waals surface area contributed by atoms with E-state index in [1.807, 2.05) is 27.7 Å². The molecule has 0 heterocycles. The molecule has 1 aliphatic carbocycles. The highest BCUT2D eigenvalue weighted by atomic mass is 19.3. The molecule has 0 N–H and O–H groups in total. The Labute approximate surface area is 170 Å².